The van der Waals surface area contributed by atoms with E-state index in [1.54, 1.807) is 13.8 Å². The zero-order chi connectivity index (χ0) is 28.1. The Bertz CT molecular complexity index is 1100. The summed E-state index contributed by atoms with van der Waals surface area (Å²) in [4.78, 5) is 22.9. The highest BCUT2D eigenvalue weighted by Gasteiger charge is 2.20. The quantitative estimate of drug-likeness (QED) is 0.275. The predicted octanol–water partition coefficient (Wildman–Crippen LogP) is -0.565. The van der Waals surface area contributed by atoms with Gasteiger partial charge in [-0.2, -0.15) is 0 Å². The Hall–Kier alpha value is -3.61. The molecule has 0 saturated carbocycles. The first-order chi connectivity index (χ1) is 18.0. The molecule has 0 N–H and O–H groups in total. The fourth-order valence-corrected chi connectivity index (χ4v) is 3.24. The molecule has 1 heterocycles. The molecular formula is C26H29ClO11. The van der Waals surface area contributed by atoms with Crippen LogP contribution in [0.2, 0.25) is 0 Å². The molecular weight excluding hydrogens is 524 g/mol. The van der Waals surface area contributed by atoms with E-state index in [1.165, 1.54) is 0 Å². The molecule has 0 unspecified atom stereocenters. The number of hydrogen-bond donors (Lipinski definition) is 0. The second kappa shape index (κ2) is 15.0. The van der Waals surface area contributed by atoms with Crippen molar-refractivity contribution in [3.05, 3.63) is 71.8 Å². The summed E-state index contributed by atoms with van der Waals surface area (Å²) in [5.41, 5.74) is 3.13. The normalized spacial score (nSPS) is 12.9. The largest absolute Gasteiger partial charge is 0.571 e. The van der Waals surface area contributed by atoms with Gasteiger partial charge in [0.25, 0.3) is 5.76 Å². The summed E-state index contributed by atoms with van der Waals surface area (Å²) in [5.74, 6) is 1.43. The molecule has 38 heavy (non-hydrogen) atoms. The van der Waals surface area contributed by atoms with Crippen molar-refractivity contribution >= 4 is 23.3 Å². The maximum atomic E-state index is 11.5. The van der Waals surface area contributed by atoms with E-state index in [-0.39, 0.29) is 25.2 Å². The van der Waals surface area contributed by atoms with Crippen molar-refractivity contribution in [1.29, 1.82) is 0 Å². The number of benzene rings is 2. The molecule has 2 aromatic carbocycles. The van der Waals surface area contributed by atoms with E-state index in [1.807, 2.05) is 55.6 Å². The van der Waals surface area contributed by atoms with Crippen LogP contribution in [0.1, 0.15) is 25.0 Å². The molecule has 3 rings (SSSR count). The van der Waals surface area contributed by atoms with Crippen LogP contribution in [0, 0.1) is 10.2 Å². The van der Waals surface area contributed by atoms with Crippen molar-refractivity contribution in [3.63, 3.8) is 0 Å². The smallest absolute Gasteiger partial charge is 0.344 e. The summed E-state index contributed by atoms with van der Waals surface area (Å²) in [7, 11) is -2.99. The van der Waals surface area contributed by atoms with Gasteiger partial charge in [0.05, 0.1) is 18.8 Å². The zero-order valence-electron chi connectivity index (χ0n) is 21.2. The summed E-state index contributed by atoms with van der Waals surface area (Å²) in [6.45, 7) is 4.64. The molecule has 206 valence electrons. The second-order valence-electron chi connectivity index (χ2n) is 7.59. The highest BCUT2D eigenvalue weighted by molar-refractivity contribution is 5.84. The minimum absolute atomic E-state index is 0.110. The van der Waals surface area contributed by atoms with Crippen LogP contribution in [-0.4, -0.2) is 52.1 Å². The third-order valence-corrected chi connectivity index (χ3v) is 4.87. The van der Waals surface area contributed by atoms with Gasteiger partial charge in [-0.15, -0.1) is 10.2 Å². The monoisotopic (exact) mass is 552 g/mol. The lowest BCUT2D eigenvalue weighted by atomic mass is 10.0. The highest BCUT2D eigenvalue weighted by Crippen LogP contribution is 2.32. The van der Waals surface area contributed by atoms with Crippen LogP contribution in [0.25, 0.3) is 11.3 Å². The fourth-order valence-electron chi connectivity index (χ4n) is 3.24. The van der Waals surface area contributed by atoms with E-state index >= 15 is 0 Å². The molecule has 1 aliphatic heterocycles. The van der Waals surface area contributed by atoms with Crippen LogP contribution in [-0.2, 0) is 23.4 Å². The van der Waals surface area contributed by atoms with Crippen molar-refractivity contribution in [2.45, 2.75) is 13.8 Å². The van der Waals surface area contributed by atoms with Gasteiger partial charge < -0.3 is 23.3 Å². The number of halogens is 1. The Balaban J connectivity index is 0.000000926. The maximum Gasteiger partial charge on any atom is 0.344 e. The van der Waals surface area contributed by atoms with Crippen molar-refractivity contribution in [2.75, 3.05) is 40.1 Å². The first-order valence-electron chi connectivity index (χ1n) is 11.4. The molecule has 0 saturated heterocycles. The van der Waals surface area contributed by atoms with Crippen LogP contribution in [0.15, 0.2) is 60.7 Å². The number of rotatable bonds is 10. The summed E-state index contributed by atoms with van der Waals surface area (Å²) in [6, 6.07) is 15.2. The van der Waals surface area contributed by atoms with Crippen molar-refractivity contribution in [3.8, 4) is 11.5 Å². The van der Waals surface area contributed by atoms with Crippen LogP contribution in [0.4, 0.5) is 0 Å². The number of carbonyl (C=O) groups is 2. The summed E-state index contributed by atoms with van der Waals surface area (Å²) in [5, 5.41) is 0. The molecule has 0 aliphatic carbocycles. The SMILES string of the molecule is CCOC(=O)COc1ccc(C2=CC[O+](C)C(c3ccc(OCC(=O)OCC)cc3)=C2)cc1.[O-][Cl+3]([O-])([O-])[O-]. The van der Waals surface area contributed by atoms with Crippen LogP contribution in [0.5, 0.6) is 11.5 Å². The average Bonchev–Trinajstić information content (AvgIpc) is 2.87. The van der Waals surface area contributed by atoms with Gasteiger partial charge in [-0.05, 0) is 61.4 Å². The Morgan fingerprint density at radius 2 is 1.21 bits per heavy atom. The minimum Gasteiger partial charge on any atom is -0.571 e. The van der Waals surface area contributed by atoms with E-state index in [0.717, 1.165) is 22.5 Å². The van der Waals surface area contributed by atoms with Gasteiger partial charge >= 0.3 is 11.9 Å². The first-order valence-corrected chi connectivity index (χ1v) is 12.7. The number of hydrogen-bond acceptors (Lipinski definition) is 10. The van der Waals surface area contributed by atoms with E-state index in [9.17, 15) is 9.59 Å². The number of allylic oxidation sites excluding steroid dienone is 2. The van der Waals surface area contributed by atoms with E-state index in [0.29, 0.717) is 31.3 Å². The number of esters is 2. The lowest BCUT2D eigenvalue weighted by molar-refractivity contribution is -2.00. The third kappa shape index (κ3) is 11.2. The Morgan fingerprint density at radius 3 is 1.63 bits per heavy atom. The summed E-state index contributed by atoms with van der Waals surface area (Å²) in [6.07, 6.45) is 4.22. The summed E-state index contributed by atoms with van der Waals surface area (Å²) >= 11 is 0. The van der Waals surface area contributed by atoms with Crippen molar-refractivity contribution < 1.29 is 61.8 Å². The second-order valence-corrected chi connectivity index (χ2v) is 8.34. The highest BCUT2D eigenvalue weighted by atomic mass is 35.7. The topological polar surface area (TPSA) is 166 Å². The molecule has 0 spiro atoms. The Kier molecular flexibility index (Phi) is 12.1. The van der Waals surface area contributed by atoms with Crippen LogP contribution in [0.3, 0.4) is 0 Å². The molecule has 0 bridgehead atoms. The van der Waals surface area contributed by atoms with Crippen LogP contribution >= 0.6 is 0 Å². The van der Waals surface area contributed by atoms with E-state index in [2.05, 4.69) is 16.5 Å². The van der Waals surface area contributed by atoms with E-state index < -0.39 is 10.2 Å². The molecule has 0 aromatic heterocycles. The molecule has 0 radical (unpaired) electrons. The average molecular weight is 553 g/mol. The standard InChI is InChI=1S/C26H29O7.ClHO4/c1-4-29-25(27)17-31-22-10-6-19(7-11-22)21-14-15-33(3)24(16-21)20-8-12-23(13-9-20)32-18-26(28)30-5-2;2-1(3,4)5/h6-14,16H,4-5,15,17-18H2,1-3H3;(H,2,3,4,5)/q+1;/p-1. The van der Waals surface area contributed by atoms with Crippen molar-refractivity contribution in [1.82, 2.24) is 0 Å². The maximum absolute atomic E-state index is 11.5. The lowest BCUT2D eigenvalue weighted by Crippen LogP contribution is -2.68. The third-order valence-electron chi connectivity index (χ3n) is 4.87. The van der Waals surface area contributed by atoms with Gasteiger partial charge in [-0.1, -0.05) is 12.1 Å². The predicted molar refractivity (Wildman–Crippen MR) is 125 cm³/mol. The van der Waals surface area contributed by atoms with Gasteiger partial charge in [0.15, 0.2) is 26.9 Å². The minimum atomic E-state index is -4.94. The van der Waals surface area contributed by atoms with Gasteiger partial charge in [-0.25, -0.2) is 28.2 Å². The van der Waals surface area contributed by atoms with Gasteiger partial charge in [0.1, 0.15) is 11.5 Å². The molecule has 2 aromatic rings. The number of ether oxygens (including phenoxy) is 4. The Morgan fingerprint density at radius 1 is 0.789 bits per heavy atom. The molecule has 12 heteroatoms. The molecule has 11 nitrogen and oxygen atoms in total. The zero-order valence-corrected chi connectivity index (χ0v) is 21.9. The van der Waals surface area contributed by atoms with Gasteiger partial charge in [0, 0.05) is 12.2 Å². The van der Waals surface area contributed by atoms with Gasteiger partial charge in [-0.3, -0.25) is 0 Å². The Labute approximate surface area is 222 Å². The number of carbonyl (C=O) groups excluding carboxylic acids is 2. The fraction of sp³-hybridized carbons (Fsp3) is 0.308. The molecule has 0 fully saturated rings. The summed E-state index contributed by atoms with van der Waals surface area (Å²) < 4.78 is 57.7. The van der Waals surface area contributed by atoms with Gasteiger partial charge in [0.2, 0.25) is 0 Å². The lowest BCUT2D eigenvalue weighted by Gasteiger charge is -2.25. The first kappa shape index (κ1) is 30.6. The molecule has 0 atom stereocenters. The molecule has 1 aliphatic rings. The van der Waals surface area contributed by atoms with Crippen molar-refractivity contribution in [2.24, 2.45) is 0 Å². The van der Waals surface area contributed by atoms with E-state index in [4.69, 9.17) is 37.6 Å². The van der Waals surface area contributed by atoms with Crippen LogP contribution < -0.4 is 28.1 Å². The molecule has 0 amide bonds.